The molecule has 0 aliphatic rings. The molecule has 6 nitrogen and oxygen atoms in total. The third kappa shape index (κ3) is 3.04. The Labute approximate surface area is 159 Å². The van der Waals surface area contributed by atoms with Crippen molar-refractivity contribution in [1.82, 2.24) is 14.5 Å². The zero-order valence-corrected chi connectivity index (χ0v) is 16.2. The van der Waals surface area contributed by atoms with E-state index in [1.807, 2.05) is 18.2 Å². The van der Waals surface area contributed by atoms with Gasteiger partial charge in [-0.25, -0.2) is 4.98 Å². The number of fused-ring (bicyclic) bond motifs is 2. The van der Waals surface area contributed by atoms with Crippen LogP contribution in [0.2, 0.25) is 0 Å². The molecular formula is C20H20N4O2S. The van der Waals surface area contributed by atoms with Gasteiger partial charge in [0.2, 0.25) is 0 Å². The summed E-state index contributed by atoms with van der Waals surface area (Å²) in [5, 5.41) is 4.49. The van der Waals surface area contributed by atoms with Crippen molar-refractivity contribution in [3.63, 3.8) is 0 Å². The lowest BCUT2D eigenvalue weighted by Crippen LogP contribution is -2.12. The second-order valence-electron chi connectivity index (χ2n) is 7.02. The monoisotopic (exact) mass is 380 g/mol. The average molecular weight is 380 g/mol. The highest BCUT2D eigenvalue weighted by atomic mass is 32.1. The number of benzene rings is 1. The molecule has 1 amide bonds. The number of aromatic amines is 1. The molecular weight excluding hydrogens is 360 g/mol. The van der Waals surface area contributed by atoms with Crippen LogP contribution in [0.4, 0.5) is 5.69 Å². The van der Waals surface area contributed by atoms with E-state index >= 15 is 0 Å². The van der Waals surface area contributed by atoms with Crippen LogP contribution in [0, 0.1) is 12.8 Å². The van der Waals surface area contributed by atoms with E-state index in [0.717, 1.165) is 23.1 Å². The maximum Gasteiger partial charge on any atom is 0.266 e. The Morgan fingerprint density at radius 2 is 2.15 bits per heavy atom. The predicted molar refractivity (Wildman–Crippen MR) is 110 cm³/mol. The standard InChI is InChI=1S/C20H20N4O2S/c1-11(2)9-24-8-7-13-14(5-4-6-15(13)24)23-19(26)17-12(3)16-18(25)21-10-22-20(16)27-17/h4-8,10-11H,9H2,1-3H3,(H,23,26)(H,21,22,25). The van der Waals surface area contributed by atoms with Crippen LogP contribution in [-0.2, 0) is 6.54 Å². The maximum absolute atomic E-state index is 12.9. The Kier molecular flexibility index (Phi) is 4.31. The molecule has 0 spiro atoms. The summed E-state index contributed by atoms with van der Waals surface area (Å²) in [6, 6.07) is 7.92. The van der Waals surface area contributed by atoms with Crippen LogP contribution in [0.1, 0.15) is 29.1 Å². The van der Waals surface area contributed by atoms with Gasteiger partial charge in [0.1, 0.15) is 4.83 Å². The molecule has 0 aliphatic carbocycles. The molecule has 0 radical (unpaired) electrons. The van der Waals surface area contributed by atoms with Crippen molar-refractivity contribution >= 4 is 44.1 Å². The number of aryl methyl sites for hydroxylation is 1. The van der Waals surface area contributed by atoms with Crippen LogP contribution in [0.3, 0.4) is 0 Å². The molecule has 0 atom stereocenters. The van der Waals surface area contributed by atoms with Gasteiger partial charge in [-0.2, -0.15) is 0 Å². The Hall–Kier alpha value is -2.93. The Morgan fingerprint density at radius 1 is 1.33 bits per heavy atom. The SMILES string of the molecule is Cc1c(C(=O)Nc2cccc3c2ccn3CC(C)C)sc2nc[nH]c(=O)c12. The minimum atomic E-state index is -0.223. The molecule has 0 unspecified atom stereocenters. The first kappa shape index (κ1) is 17.5. The van der Waals surface area contributed by atoms with Gasteiger partial charge < -0.3 is 14.9 Å². The number of hydrogen-bond donors (Lipinski definition) is 2. The summed E-state index contributed by atoms with van der Waals surface area (Å²) in [5.74, 6) is 0.310. The van der Waals surface area contributed by atoms with E-state index in [1.54, 1.807) is 6.92 Å². The molecule has 7 heteroatoms. The summed E-state index contributed by atoms with van der Waals surface area (Å²) in [6.07, 6.45) is 3.41. The van der Waals surface area contributed by atoms with Crippen LogP contribution >= 0.6 is 11.3 Å². The molecule has 0 saturated heterocycles. The van der Waals surface area contributed by atoms with Crippen molar-refractivity contribution in [3.05, 3.63) is 57.6 Å². The largest absolute Gasteiger partial charge is 0.347 e. The third-order valence-electron chi connectivity index (χ3n) is 4.56. The van der Waals surface area contributed by atoms with Crippen LogP contribution in [0.15, 0.2) is 41.6 Å². The quantitative estimate of drug-likeness (QED) is 0.558. The first-order chi connectivity index (χ1) is 13.0. The van der Waals surface area contributed by atoms with Gasteiger partial charge in [0.25, 0.3) is 11.5 Å². The number of carbonyl (C=O) groups excluding carboxylic acids is 1. The molecule has 2 N–H and O–H groups in total. The molecule has 0 bridgehead atoms. The summed E-state index contributed by atoms with van der Waals surface area (Å²) in [5.41, 5.74) is 2.29. The van der Waals surface area contributed by atoms with E-state index < -0.39 is 0 Å². The fourth-order valence-corrected chi connectivity index (χ4v) is 4.40. The number of nitrogens with one attached hydrogen (secondary N) is 2. The molecule has 138 valence electrons. The molecule has 1 aromatic carbocycles. The zero-order valence-electron chi connectivity index (χ0n) is 15.4. The second-order valence-corrected chi connectivity index (χ2v) is 8.02. The number of aromatic nitrogens is 3. The molecule has 0 aliphatic heterocycles. The van der Waals surface area contributed by atoms with Crippen molar-refractivity contribution < 1.29 is 4.79 Å². The normalized spacial score (nSPS) is 11.6. The number of anilines is 1. The van der Waals surface area contributed by atoms with E-state index in [0.29, 0.717) is 26.6 Å². The fourth-order valence-electron chi connectivity index (χ4n) is 3.36. The first-order valence-electron chi connectivity index (χ1n) is 8.81. The van der Waals surface area contributed by atoms with Crippen molar-refractivity contribution in [2.45, 2.75) is 27.3 Å². The van der Waals surface area contributed by atoms with Crippen molar-refractivity contribution in [2.24, 2.45) is 5.92 Å². The molecule has 0 fully saturated rings. The lowest BCUT2D eigenvalue weighted by Gasteiger charge is -2.10. The lowest BCUT2D eigenvalue weighted by atomic mass is 10.2. The van der Waals surface area contributed by atoms with E-state index in [9.17, 15) is 9.59 Å². The fraction of sp³-hybridized carbons (Fsp3) is 0.250. The van der Waals surface area contributed by atoms with E-state index in [2.05, 4.69) is 46.0 Å². The Bertz CT molecular complexity index is 1220. The van der Waals surface area contributed by atoms with Crippen LogP contribution in [-0.4, -0.2) is 20.4 Å². The lowest BCUT2D eigenvalue weighted by molar-refractivity contribution is 0.103. The van der Waals surface area contributed by atoms with Crippen LogP contribution < -0.4 is 10.9 Å². The van der Waals surface area contributed by atoms with Crippen molar-refractivity contribution in [2.75, 3.05) is 5.32 Å². The molecule has 27 heavy (non-hydrogen) atoms. The van der Waals surface area contributed by atoms with E-state index in [1.165, 1.54) is 17.7 Å². The summed E-state index contributed by atoms with van der Waals surface area (Å²) in [6.45, 7) is 7.06. The topological polar surface area (TPSA) is 79.8 Å². The van der Waals surface area contributed by atoms with E-state index in [-0.39, 0.29) is 11.5 Å². The van der Waals surface area contributed by atoms with Gasteiger partial charge in [-0.1, -0.05) is 19.9 Å². The molecule has 4 rings (SSSR count). The smallest absolute Gasteiger partial charge is 0.266 e. The highest BCUT2D eigenvalue weighted by Gasteiger charge is 2.19. The summed E-state index contributed by atoms with van der Waals surface area (Å²) in [7, 11) is 0. The summed E-state index contributed by atoms with van der Waals surface area (Å²) in [4.78, 5) is 32.8. The van der Waals surface area contributed by atoms with E-state index in [4.69, 9.17) is 0 Å². The van der Waals surface area contributed by atoms with Gasteiger partial charge >= 0.3 is 0 Å². The van der Waals surface area contributed by atoms with Crippen molar-refractivity contribution in [1.29, 1.82) is 0 Å². The van der Waals surface area contributed by atoms with Crippen LogP contribution in [0.25, 0.3) is 21.1 Å². The highest BCUT2D eigenvalue weighted by Crippen LogP contribution is 2.29. The summed E-state index contributed by atoms with van der Waals surface area (Å²) >= 11 is 1.24. The minimum Gasteiger partial charge on any atom is -0.347 e. The number of H-pyrrole nitrogens is 1. The zero-order chi connectivity index (χ0) is 19.1. The van der Waals surface area contributed by atoms with Gasteiger partial charge in [0.15, 0.2) is 0 Å². The van der Waals surface area contributed by atoms with Gasteiger partial charge in [-0.05, 0) is 36.6 Å². The third-order valence-corrected chi connectivity index (χ3v) is 5.76. The Balaban J connectivity index is 1.72. The second kappa shape index (κ2) is 6.66. The predicted octanol–water partition coefficient (Wildman–Crippen LogP) is 4.16. The van der Waals surface area contributed by atoms with Gasteiger partial charge in [0, 0.05) is 18.1 Å². The molecule has 0 saturated carbocycles. The minimum absolute atomic E-state index is 0.222. The highest BCUT2D eigenvalue weighted by molar-refractivity contribution is 7.20. The van der Waals surface area contributed by atoms with Crippen LogP contribution in [0.5, 0.6) is 0 Å². The number of hydrogen-bond acceptors (Lipinski definition) is 4. The maximum atomic E-state index is 12.9. The molecule has 3 aromatic heterocycles. The average Bonchev–Trinajstić information content (AvgIpc) is 3.18. The number of amides is 1. The first-order valence-corrected chi connectivity index (χ1v) is 9.63. The van der Waals surface area contributed by atoms with Gasteiger partial charge in [0.05, 0.1) is 27.8 Å². The molecule has 4 aromatic rings. The van der Waals surface area contributed by atoms with Gasteiger partial charge in [-0.3, -0.25) is 9.59 Å². The number of thiophene rings is 1. The van der Waals surface area contributed by atoms with Crippen molar-refractivity contribution in [3.8, 4) is 0 Å². The number of nitrogens with zero attached hydrogens (tertiary/aromatic N) is 2. The molecule has 3 heterocycles. The summed E-state index contributed by atoms with van der Waals surface area (Å²) < 4.78 is 2.20. The number of rotatable bonds is 4. The number of carbonyl (C=O) groups is 1. The Morgan fingerprint density at radius 3 is 2.89 bits per heavy atom. The van der Waals surface area contributed by atoms with Gasteiger partial charge in [-0.15, -0.1) is 11.3 Å².